The lowest BCUT2D eigenvalue weighted by atomic mass is 9.95. The standard InChI is InChI=1S/C15H21N3O/c1-3-12(4-2)10-15(19)14-11-16-18(17-14)13-8-6-5-7-9-13/h5-9,11-12,15,19H,3-4,10H2,1-2H3. The lowest BCUT2D eigenvalue weighted by Crippen LogP contribution is -2.07. The molecule has 0 aliphatic rings. The van der Waals surface area contributed by atoms with E-state index in [0.29, 0.717) is 11.6 Å². The number of para-hydroxylation sites is 1. The zero-order valence-corrected chi connectivity index (χ0v) is 11.5. The molecule has 1 N–H and O–H groups in total. The summed E-state index contributed by atoms with van der Waals surface area (Å²) < 4.78 is 0. The minimum absolute atomic E-state index is 0.526. The van der Waals surface area contributed by atoms with Gasteiger partial charge in [-0.3, -0.25) is 0 Å². The van der Waals surface area contributed by atoms with Crippen molar-refractivity contribution in [1.82, 2.24) is 15.0 Å². The van der Waals surface area contributed by atoms with Crippen LogP contribution in [0.1, 0.15) is 44.9 Å². The van der Waals surface area contributed by atoms with Crippen LogP contribution in [0, 0.1) is 5.92 Å². The molecule has 1 aromatic heterocycles. The van der Waals surface area contributed by atoms with Crippen molar-refractivity contribution < 1.29 is 5.11 Å². The number of hydrogen-bond donors (Lipinski definition) is 1. The average Bonchev–Trinajstić information content (AvgIpc) is 2.95. The van der Waals surface area contributed by atoms with Crippen LogP contribution in [0.5, 0.6) is 0 Å². The molecule has 2 rings (SSSR count). The largest absolute Gasteiger partial charge is 0.387 e. The van der Waals surface area contributed by atoms with Gasteiger partial charge in [-0.25, -0.2) is 0 Å². The molecule has 0 spiro atoms. The number of rotatable bonds is 6. The van der Waals surface area contributed by atoms with E-state index in [1.165, 1.54) is 0 Å². The van der Waals surface area contributed by atoms with Gasteiger partial charge in [0.15, 0.2) is 0 Å². The van der Waals surface area contributed by atoms with Crippen molar-refractivity contribution in [2.75, 3.05) is 0 Å². The van der Waals surface area contributed by atoms with Gasteiger partial charge in [0, 0.05) is 0 Å². The SMILES string of the molecule is CCC(CC)CC(O)c1cnn(-c2ccccc2)n1. The Morgan fingerprint density at radius 2 is 1.84 bits per heavy atom. The Bertz CT molecular complexity index is 491. The molecule has 4 heteroatoms. The Morgan fingerprint density at radius 3 is 2.47 bits per heavy atom. The van der Waals surface area contributed by atoms with E-state index >= 15 is 0 Å². The van der Waals surface area contributed by atoms with Crippen LogP contribution in [-0.4, -0.2) is 20.1 Å². The second kappa shape index (κ2) is 6.48. The molecule has 19 heavy (non-hydrogen) atoms. The van der Waals surface area contributed by atoms with Gasteiger partial charge in [-0.15, -0.1) is 0 Å². The molecular weight excluding hydrogens is 238 g/mol. The lowest BCUT2D eigenvalue weighted by molar-refractivity contribution is 0.136. The number of benzene rings is 1. The fourth-order valence-electron chi connectivity index (χ4n) is 2.17. The van der Waals surface area contributed by atoms with Crippen molar-refractivity contribution in [3.63, 3.8) is 0 Å². The molecule has 0 radical (unpaired) electrons. The van der Waals surface area contributed by atoms with Crippen molar-refractivity contribution in [3.8, 4) is 5.69 Å². The highest BCUT2D eigenvalue weighted by molar-refractivity contribution is 5.28. The van der Waals surface area contributed by atoms with Crippen molar-refractivity contribution >= 4 is 0 Å². The molecular formula is C15H21N3O. The maximum absolute atomic E-state index is 10.2. The zero-order chi connectivity index (χ0) is 13.7. The van der Waals surface area contributed by atoms with Crippen LogP contribution in [0.25, 0.3) is 5.69 Å². The van der Waals surface area contributed by atoms with Crippen LogP contribution in [0.2, 0.25) is 0 Å². The van der Waals surface area contributed by atoms with Crippen LogP contribution in [-0.2, 0) is 0 Å². The number of hydrogen-bond acceptors (Lipinski definition) is 3. The molecule has 0 aliphatic carbocycles. The second-order valence-electron chi connectivity index (χ2n) is 4.83. The van der Waals surface area contributed by atoms with E-state index in [9.17, 15) is 5.11 Å². The van der Waals surface area contributed by atoms with E-state index in [1.54, 1.807) is 11.0 Å². The van der Waals surface area contributed by atoms with E-state index in [4.69, 9.17) is 0 Å². The van der Waals surface area contributed by atoms with Crippen LogP contribution >= 0.6 is 0 Å². The molecule has 1 aromatic carbocycles. The summed E-state index contributed by atoms with van der Waals surface area (Å²) in [5, 5.41) is 18.8. The number of aliphatic hydroxyl groups is 1. The average molecular weight is 259 g/mol. The van der Waals surface area contributed by atoms with Gasteiger partial charge in [0.25, 0.3) is 0 Å². The first kappa shape index (κ1) is 13.7. The highest BCUT2D eigenvalue weighted by Gasteiger charge is 2.16. The molecule has 1 unspecified atom stereocenters. The van der Waals surface area contributed by atoms with E-state index in [-0.39, 0.29) is 0 Å². The first-order valence-electron chi connectivity index (χ1n) is 6.90. The van der Waals surface area contributed by atoms with Crippen molar-refractivity contribution in [2.45, 2.75) is 39.2 Å². The zero-order valence-electron chi connectivity index (χ0n) is 11.5. The summed E-state index contributed by atoms with van der Waals surface area (Å²) in [6.07, 6.45) is 4.05. The Balaban J connectivity index is 2.08. The summed E-state index contributed by atoms with van der Waals surface area (Å²) in [6, 6.07) is 9.72. The van der Waals surface area contributed by atoms with Gasteiger partial charge in [0.1, 0.15) is 5.69 Å². The fourth-order valence-corrected chi connectivity index (χ4v) is 2.17. The van der Waals surface area contributed by atoms with Crippen LogP contribution < -0.4 is 0 Å². The number of aliphatic hydroxyl groups excluding tert-OH is 1. The highest BCUT2D eigenvalue weighted by atomic mass is 16.3. The van der Waals surface area contributed by atoms with Crippen molar-refractivity contribution in [3.05, 3.63) is 42.2 Å². The quantitative estimate of drug-likeness (QED) is 0.867. The number of aromatic nitrogens is 3. The monoisotopic (exact) mass is 259 g/mol. The van der Waals surface area contributed by atoms with Crippen molar-refractivity contribution in [2.24, 2.45) is 5.92 Å². The van der Waals surface area contributed by atoms with Gasteiger partial charge in [-0.2, -0.15) is 15.0 Å². The summed E-state index contributed by atoms with van der Waals surface area (Å²) in [7, 11) is 0. The maximum Gasteiger partial charge on any atom is 0.112 e. The predicted octanol–water partition coefficient (Wildman–Crippen LogP) is 3.13. The minimum atomic E-state index is -0.526. The van der Waals surface area contributed by atoms with Crippen LogP contribution in [0.4, 0.5) is 0 Å². The molecule has 0 fully saturated rings. The van der Waals surface area contributed by atoms with Gasteiger partial charge >= 0.3 is 0 Å². The summed E-state index contributed by atoms with van der Waals surface area (Å²) in [6.45, 7) is 4.31. The fraction of sp³-hybridized carbons (Fsp3) is 0.467. The molecule has 1 heterocycles. The van der Waals surface area contributed by atoms with Gasteiger partial charge in [-0.05, 0) is 24.5 Å². The highest BCUT2D eigenvalue weighted by Crippen LogP contribution is 2.23. The predicted molar refractivity (Wildman–Crippen MR) is 75.0 cm³/mol. The molecule has 0 aliphatic heterocycles. The minimum Gasteiger partial charge on any atom is -0.387 e. The summed E-state index contributed by atoms with van der Waals surface area (Å²) in [4.78, 5) is 1.56. The van der Waals surface area contributed by atoms with Gasteiger partial charge in [-0.1, -0.05) is 44.9 Å². The summed E-state index contributed by atoms with van der Waals surface area (Å²) in [5.74, 6) is 0.539. The Kier molecular flexibility index (Phi) is 4.68. The van der Waals surface area contributed by atoms with E-state index in [0.717, 1.165) is 24.9 Å². The van der Waals surface area contributed by atoms with Gasteiger partial charge < -0.3 is 5.11 Å². The summed E-state index contributed by atoms with van der Waals surface area (Å²) in [5.41, 5.74) is 1.55. The molecule has 1 atom stereocenters. The molecule has 102 valence electrons. The normalized spacial score (nSPS) is 12.8. The van der Waals surface area contributed by atoms with E-state index < -0.39 is 6.10 Å². The number of nitrogens with zero attached hydrogens (tertiary/aromatic N) is 3. The van der Waals surface area contributed by atoms with Crippen LogP contribution in [0.3, 0.4) is 0 Å². The maximum atomic E-state index is 10.2. The Morgan fingerprint density at radius 1 is 1.16 bits per heavy atom. The first-order chi connectivity index (χ1) is 9.24. The molecule has 4 nitrogen and oxygen atoms in total. The Labute approximate surface area is 114 Å². The topological polar surface area (TPSA) is 50.9 Å². The summed E-state index contributed by atoms with van der Waals surface area (Å²) >= 11 is 0. The smallest absolute Gasteiger partial charge is 0.112 e. The third-order valence-corrected chi connectivity index (χ3v) is 3.55. The molecule has 0 bridgehead atoms. The molecule has 0 saturated heterocycles. The van der Waals surface area contributed by atoms with Gasteiger partial charge in [0.05, 0.1) is 18.0 Å². The molecule has 2 aromatic rings. The van der Waals surface area contributed by atoms with Gasteiger partial charge in [0.2, 0.25) is 0 Å². The molecule has 0 saturated carbocycles. The third kappa shape index (κ3) is 3.41. The Hall–Kier alpha value is -1.68. The van der Waals surface area contributed by atoms with Crippen LogP contribution in [0.15, 0.2) is 36.5 Å². The van der Waals surface area contributed by atoms with E-state index in [1.807, 2.05) is 30.3 Å². The third-order valence-electron chi connectivity index (χ3n) is 3.55. The second-order valence-corrected chi connectivity index (χ2v) is 4.83. The van der Waals surface area contributed by atoms with E-state index in [2.05, 4.69) is 24.0 Å². The van der Waals surface area contributed by atoms with Crippen molar-refractivity contribution in [1.29, 1.82) is 0 Å². The first-order valence-corrected chi connectivity index (χ1v) is 6.90. The lowest BCUT2D eigenvalue weighted by Gasteiger charge is -2.15. The molecule has 0 amide bonds.